The average molecular weight is 356 g/mol. The molecular formula is C20H25N3OS. The molecule has 0 fully saturated rings. The number of amides is 1. The molecule has 0 aliphatic heterocycles. The number of hydrogen-bond acceptors (Lipinski definition) is 2. The fourth-order valence-corrected chi connectivity index (χ4v) is 2.91. The van der Waals surface area contributed by atoms with E-state index < -0.39 is 0 Å². The fourth-order valence-electron chi connectivity index (χ4n) is 2.72. The summed E-state index contributed by atoms with van der Waals surface area (Å²) in [7, 11) is 0. The molecule has 0 aromatic heterocycles. The Labute approximate surface area is 155 Å². The minimum atomic E-state index is -0.126. The van der Waals surface area contributed by atoms with Gasteiger partial charge >= 0.3 is 0 Å². The molecule has 0 unspecified atom stereocenters. The lowest BCUT2D eigenvalue weighted by Crippen LogP contribution is -2.35. The minimum Gasteiger partial charge on any atom is -0.353 e. The summed E-state index contributed by atoms with van der Waals surface area (Å²) in [5, 5.41) is 9.42. The normalized spacial score (nSPS) is 10.3. The Morgan fingerprint density at radius 3 is 2.12 bits per heavy atom. The third-order valence-corrected chi connectivity index (χ3v) is 4.36. The van der Waals surface area contributed by atoms with Crippen LogP contribution in [0.4, 0.5) is 11.4 Å². The van der Waals surface area contributed by atoms with Gasteiger partial charge in [0.2, 0.25) is 5.91 Å². The smallest absolute Gasteiger partial charge is 0.243 e. The molecule has 0 heterocycles. The van der Waals surface area contributed by atoms with Gasteiger partial charge in [-0.15, -0.1) is 0 Å². The van der Waals surface area contributed by atoms with Gasteiger partial charge < -0.3 is 16.0 Å². The highest BCUT2D eigenvalue weighted by Gasteiger charge is 2.09. The quantitative estimate of drug-likeness (QED) is 0.721. The second-order valence-electron chi connectivity index (χ2n) is 6.43. The summed E-state index contributed by atoms with van der Waals surface area (Å²) in [6.45, 7) is 10.3. The first kappa shape index (κ1) is 18.9. The van der Waals surface area contributed by atoms with Crippen molar-refractivity contribution in [1.29, 1.82) is 0 Å². The molecular weight excluding hydrogens is 330 g/mol. The SMILES string of the molecule is Cc1cc(C)c(NC(=O)CNC(=S)Nc2ccc(C)c(C)c2)c(C)c1. The maximum atomic E-state index is 12.2. The molecule has 4 nitrogen and oxygen atoms in total. The van der Waals surface area contributed by atoms with Gasteiger partial charge in [0.25, 0.3) is 0 Å². The summed E-state index contributed by atoms with van der Waals surface area (Å²) in [5.74, 6) is -0.126. The number of thiocarbonyl (C=S) groups is 1. The second-order valence-corrected chi connectivity index (χ2v) is 6.84. The van der Waals surface area contributed by atoms with E-state index in [9.17, 15) is 4.79 Å². The van der Waals surface area contributed by atoms with E-state index in [1.165, 1.54) is 16.7 Å². The van der Waals surface area contributed by atoms with Gasteiger partial charge in [-0.25, -0.2) is 0 Å². The molecule has 0 aliphatic carbocycles. The molecule has 132 valence electrons. The largest absolute Gasteiger partial charge is 0.353 e. The van der Waals surface area contributed by atoms with E-state index in [1.807, 2.05) is 39.0 Å². The van der Waals surface area contributed by atoms with Crippen LogP contribution in [0.5, 0.6) is 0 Å². The van der Waals surface area contributed by atoms with Crippen molar-refractivity contribution in [3.8, 4) is 0 Å². The van der Waals surface area contributed by atoms with E-state index in [4.69, 9.17) is 12.2 Å². The lowest BCUT2D eigenvalue weighted by atomic mass is 10.1. The minimum absolute atomic E-state index is 0.115. The Morgan fingerprint density at radius 1 is 0.880 bits per heavy atom. The zero-order chi connectivity index (χ0) is 18.6. The van der Waals surface area contributed by atoms with Crippen molar-refractivity contribution >= 4 is 34.6 Å². The third-order valence-electron chi connectivity index (χ3n) is 4.12. The van der Waals surface area contributed by atoms with Crippen molar-refractivity contribution in [3.63, 3.8) is 0 Å². The van der Waals surface area contributed by atoms with Crippen molar-refractivity contribution in [1.82, 2.24) is 5.32 Å². The van der Waals surface area contributed by atoms with Crippen molar-refractivity contribution in [2.75, 3.05) is 17.2 Å². The first-order valence-electron chi connectivity index (χ1n) is 8.26. The van der Waals surface area contributed by atoms with Crippen molar-refractivity contribution in [2.24, 2.45) is 0 Å². The van der Waals surface area contributed by atoms with Crippen molar-refractivity contribution < 1.29 is 4.79 Å². The molecule has 2 rings (SSSR count). The zero-order valence-corrected chi connectivity index (χ0v) is 16.2. The molecule has 0 aliphatic rings. The fraction of sp³-hybridized carbons (Fsp3) is 0.300. The summed E-state index contributed by atoms with van der Waals surface area (Å²) in [4.78, 5) is 12.2. The second kappa shape index (κ2) is 8.12. The Morgan fingerprint density at radius 2 is 1.52 bits per heavy atom. The molecule has 0 atom stereocenters. The lowest BCUT2D eigenvalue weighted by molar-refractivity contribution is -0.115. The highest BCUT2D eigenvalue weighted by Crippen LogP contribution is 2.21. The monoisotopic (exact) mass is 355 g/mol. The van der Waals surface area contributed by atoms with E-state index in [1.54, 1.807) is 0 Å². The summed E-state index contributed by atoms with van der Waals surface area (Å²) >= 11 is 5.26. The van der Waals surface area contributed by atoms with Crippen LogP contribution in [0.25, 0.3) is 0 Å². The molecule has 25 heavy (non-hydrogen) atoms. The van der Waals surface area contributed by atoms with Gasteiger partial charge in [0.15, 0.2) is 5.11 Å². The lowest BCUT2D eigenvalue weighted by Gasteiger charge is -2.14. The predicted molar refractivity (Wildman–Crippen MR) is 109 cm³/mol. The van der Waals surface area contributed by atoms with Crippen LogP contribution in [0, 0.1) is 34.6 Å². The molecule has 0 bridgehead atoms. The van der Waals surface area contributed by atoms with E-state index in [-0.39, 0.29) is 12.5 Å². The van der Waals surface area contributed by atoms with Gasteiger partial charge in [0.05, 0.1) is 6.54 Å². The van der Waals surface area contributed by atoms with Gasteiger partial charge in [-0.1, -0.05) is 23.8 Å². The van der Waals surface area contributed by atoms with Gasteiger partial charge in [-0.05, 0) is 81.2 Å². The highest BCUT2D eigenvalue weighted by molar-refractivity contribution is 7.80. The number of aryl methyl sites for hydroxylation is 5. The maximum absolute atomic E-state index is 12.2. The van der Waals surface area contributed by atoms with Crippen LogP contribution >= 0.6 is 12.2 Å². The third kappa shape index (κ3) is 5.29. The van der Waals surface area contributed by atoms with Gasteiger partial charge in [-0.2, -0.15) is 0 Å². The maximum Gasteiger partial charge on any atom is 0.243 e. The van der Waals surface area contributed by atoms with Crippen LogP contribution in [0.2, 0.25) is 0 Å². The molecule has 0 radical (unpaired) electrons. The molecule has 0 saturated heterocycles. The molecule has 0 spiro atoms. The Kier molecular flexibility index (Phi) is 6.15. The standard InChI is InChI=1S/C20H25N3OS/c1-12-8-15(4)19(16(5)9-12)23-18(24)11-21-20(25)22-17-7-6-13(2)14(3)10-17/h6-10H,11H2,1-5H3,(H,23,24)(H2,21,22,25). The van der Waals surface area contributed by atoms with E-state index in [0.717, 1.165) is 22.5 Å². The van der Waals surface area contributed by atoms with Crippen molar-refractivity contribution in [2.45, 2.75) is 34.6 Å². The van der Waals surface area contributed by atoms with Crippen LogP contribution in [0.3, 0.4) is 0 Å². The molecule has 5 heteroatoms. The summed E-state index contributed by atoms with van der Waals surface area (Å²) in [6, 6.07) is 10.2. The Bertz CT molecular complexity index is 792. The Hall–Kier alpha value is -2.40. The first-order chi connectivity index (χ1) is 11.8. The molecule has 2 aromatic carbocycles. The molecule has 3 N–H and O–H groups in total. The number of nitrogens with one attached hydrogen (secondary N) is 3. The number of carbonyl (C=O) groups excluding carboxylic acids is 1. The van der Waals surface area contributed by atoms with Crippen LogP contribution < -0.4 is 16.0 Å². The first-order valence-corrected chi connectivity index (χ1v) is 8.67. The summed E-state index contributed by atoms with van der Waals surface area (Å²) < 4.78 is 0. The zero-order valence-electron chi connectivity index (χ0n) is 15.4. The van der Waals surface area contributed by atoms with Crippen LogP contribution in [-0.4, -0.2) is 17.6 Å². The highest BCUT2D eigenvalue weighted by atomic mass is 32.1. The van der Waals surface area contributed by atoms with Gasteiger partial charge in [-0.3, -0.25) is 4.79 Å². The topological polar surface area (TPSA) is 53.2 Å². The van der Waals surface area contributed by atoms with E-state index >= 15 is 0 Å². The van der Waals surface area contributed by atoms with E-state index in [0.29, 0.717) is 5.11 Å². The van der Waals surface area contributed by atoms with E-state index in [2.05, 4.69) is 41.9 Å². The number of hydrogen-bond donors (Lipinski definition) is 3. The molecule has 1 amide bonds. The molecule has 0 saturated carbocycles. The number of benzene rings is 2. The van der Waals surface area contributed by atoms with Gasteiger partial charge in [0.1, 0.15) is 0 Å². The van der Waals surface area contributed by atoms with Crippen molar-refractivity contribution in [3.05, 3.63) is 58.1 Å². The van der Waals surface area contributed by atoms with Crippen LogP contribution in [-0.2, 0) is 4.79 Å². The number of carbonyl (C=O) groups is 1. The number of rotatable bonds is 4. The summed E-state index contributed by atoms with van der Waals surface area (Å²) in [6.07, 6.45) is 0. The van der Waals surface area contributed by atoms with Gasteiger partial charge in [0, 0.05) is 11.4 Å². The predicted octanol–water partition coefficient (Wildman–Crippen LogP) is 4.15. The summed E-state index contributed by atoms with van der Waals surface area (Å²) in [5.41, 5.74) is 7.49. The average Bonchev–Trinajstić information content (AvgIpc) is 2.52. The number of anilines is 2. The van der Waals surface area contributed by atoms with Crippen LogP contribution in [0.15, 0.2) is 30.3 Å². The van der Waals surface area contributed by atoms with Crippen LogP contribution in [0.1, 0.15) is 27.8 Å². The molecule has 2 aromatic rings. The Balaban J connectivity index is 1.89.